The molecule has 11 aromatic rings. The van der Waals surface area contributed by atoms with Crippen LogP contribution in [0, 0.1) is 0 Å². The second kappa shape index (κ2) is 11.5. The van der Waals surface area contributed by atoms with Crippen molar-refractivity contribution in [2.75, 3.05) is 0 Å². The molecule has 0 bridgehead atoms. The maximum Gasteiger partial charge on any atom is 0.140 e. The zero-order valence-electron chi connectivity index (χ0n) is 31.2. The summed E-state index contributed by atoms with van der Waals surface area (Å²) in [5, 5.41) is 12.3. The van der Waals surface area contributed by atoms with Gasteiger partial charge in [-0.05, 0) is 117 Å². The molecule has 1 heterocycles. The van der Waals surface area contributed by atoms with Gasteiger partial charge in [-0.3, -0.25) is 0 Å². The van der Waals surface area contributed by atoms with Crippen LogP contribution in [0.2, 0.25) is 0 Å². The van der Waals surface area contributed by atoms with Gasteiger partial charge in [0.05, 0.1) is 0 Å². The van der Waals surface area contributed by atoms with E-state index in [1.807, 2.05) is 0 Å². The third kappa shape index (κ3) is 4.31. The van der Waals surface area contributed by atoms with Crippen molar-refractivity contribution in [3.63, 3.8) is 0 Å². The Hall–Kier alpha value is -6.96. The van der Waals surface area contributed by atoms with Crippen molar-refractivity contribution in [2.45, 2.75) is 19.3 Å². The van der Waals surface area contributed by atoms with Crippen LogP contribution in [0.1, 0.15) is 25.0 Å². The first-order chi connectivity index (χ1) is 27.5. The van der Waals surface area contributed by atoms with Crippen molar-refractivity contribution in [3.05, 3.63) is 193 Å². The summed E-state index contributed by atoms with van der Waals surface area (Å²) in [6.07, 6.45) is 0. The maximum absolute atomic E-state index is 6.98. The Kier molecular flexibility index (Phi) is 6.46. The van der Waals surface area contributed by atoms with Crippen LogP contribution < -0.4 is 0 Å². The number of furan rings is 1. The zero-order chi connectivity index (χ0) is 37.1. The van der Waals surface area contributed by atoms with Crippen LogP contribution in [0.4, 0.5) is 0 Å². The first kappa shape index (κ1) is 31.4. The summed E-state index contributed by atoms with van der Waals surface area (Å²) in [5.41, 5.74) is 14.3. The number of benzene rings is 10. The van der Waals surface area contributed by atoms with E-state index < -0.39 is 0 Å². The molecule has 262 valence electrons. The molecular weight excluding hydrogens is 677 g/mol. The van der Waals surface area contributed by atoms with Crippen LogP contribution in [0.5, 0.6) is 0 Å². The summed E-state index contributed by atoms with van der Waals surface area (Å²) in [6.45, 7) is 4.74. The van der Waals surface area contributed by atoms with Gasteiger partial charge in [0, 0.05) is 21.8 Å². The van der Waals surface area contributed by atoms with E-state index in [0.717, 1.165) is 11.2 Å². The van der Waals surface area contributed by atoms with Gasteiger partial charge in [-0.1, -0.05) is 172 Å². The number of fused-ring (bicyclic) bond motifs is 12. The molecule has 0 fully saturated rings. The summed E-state index contributed by atoms with van der Waals surface area (Å²) >= 11 is 0. The van der Waals surface area contributed by atoms with E-state index in [1.54, 1.807) is 0 Å². The van der Waals surface area contributed by atoms with E-state index >= 15 is 0 Å². The number of rotatable bonds is 3. The summed E-state index contributed by atoms with van der Waals surface area (Å²) < 4.78 is 6.98. The topological polar surface area (TPSA) is 13.1 Å². The van der Waals surface area contributed by atoms with Crippen molar-refractivity contribution in [1.82, 2.24) is 0 Å². The van der Waals surface area contributed by atoms with Gasteiger partial charge in [-0.25, -0.2) is 0 Å². The van der Waals surface area contributed by atoms with E-state index in [2.05, 4.69) is 196 Å². The molecule has 0 unspecified atom stereocenters. The van der Waals surface area contributed by atoms with Gasteiger partial charge in [0.1, 0.15) is 11.2 Å². The maximum atomic E-state index is 6.98. The Morgan fingerprint density at radius 1 is 0.375 bits per heavy atom. The Labute approximate surface area is 325 Å². The fourth-order valence-corrected chi connectivity index (χ4v) is 10.1. The van der Waals surface area contributed by atoms with E-state index in [-0.39, 0.29) is 5.41 Å². The zero-order valence-corrected chi connectivity index (χ0v) is 31.2. The average Bonchev–Trinajstić information content (AvgIpc) is 3.74. The van der Waals surface area contributed by atoms with Crippen LogP contribution in [0.25, 0.3) is 110 Å². The minimum Gasteiger partial charge on any atom is -0.456 e. The molecule has 12 rings (SSSR count). The number of hydrogen-bond donors (Lipinski definition) is 0. The van der Waals surface area contributed by atoms with Gasteiger partial charge < -0.3 is 4.42 Å². The van der Waals surface area contributed by atoms with Crippen molar-refractivity contribution in [2.24, 2.45) is 0 Å². The molecule has 1 aromatic heterocycles. The molecule has 0 saturated heterocycles. The smallest absolute Gasteiger partial charge is 0.140 e. The standard InChI is InChI=1S/C55H36O/c1-55(2)47-25-12-11-24-44(47)52-45(32-46-51-39-19-6-5-15-34(39)28-29-48(51)56-54(46)53(52)55)50-42-22-9-7-20-40(42)49(41-21-8-10-23-43(41)50)38-18-13-17-36(31-38)37-27-26-33-14-3-4-16-35(33)30-37/h3-32H,1-2H3. The highest BCUT2D eigenvalue weighted by atomic mass is 16.3. The summed E-state index contributed by atoms with van der Waals surface area (Å²) in [4.78, 5) is 0. The van der Waals surface area contributed by atoms with Gasteiger partial charge >= 0.3 is 0 Å². The Morgan fingerprint density at radius 2 is 0.964 bits per heavy atom. The molecule has 1 aliphatic carbocycles. The highest BCUT2D eigenvalue weighted by molar-refractivity contribution is 6.26. The third-order valence-electron chi connectivity index (χ3n) is 12.6. The summed E-state index contributed by atoms with van der Waals surface area (Å²) in [5.74, 6) is 0. The largest absolute Gasteiger partial charge is 0.456 e. The lowest BCUT2D eigenvalue weighted by Gasteiger charge is -2.23. The van der Waals surface area contributed by atoms with Gasteiger partial charge in [-0.2, -0.15) is 0 Å². The average molecular weight is 713 g/mol. The predicted octanol–water partition coefficient (Wildman–Crippen LogP) is 15.5. The van der Waals surface area contributed by atoms with Crippen LogP contribution in [-0.4, -0.2) is 0 Å². The SMILES string of the molecule is CC1(C)c2ccccc2-c2c(-c3c4ccccc4c(-c4cccc(-c5ccc6ccccc6c5)c4)c4ccccc34)cc3c(oc4ccc5ccccc5c43)c21. The minimum absolute atomic E-state index is 0.265. The second-order valence-electron chi connectivity index (χ2n) is 16.0. The molecule has 0 amide bonds. The van der Waals surface area contributed by atoms with Crippen molar-refractivity contribution in [3.8, 4) is 44.5 Å². The molecule has 0 N–H and O–H groups in total. The Bertz CT molecular complexity index is 3390. The third-order valence-corrected chi connectivity index (χ3v) is 12.6. The Balaban J connectivity index is 1.20. The van der Waals surface area contributed by atoms with E-state index in [1.165, 1.54) is 109 Å². The van der Waals surface area contributed by atoms with Gasteiger partial charge in [0.15, 0.2) is 0 Å². The van der Waals surface area contributed by atoms with Crippen molar-refractivity contribution < 1.29 is 4.42 Å². The second-order valence-corrected chi connectivity index (χ2v) is 16.0. The van der Waals surface area contributed by atoms with Crippen LogP contribution in [-0.2, 0) is 5.41 Å². The molecule has 0 saturated carbocycles. The quantitative estimate of drug-likeness (QED) is 0.166. The van der Waals surface area contributed by atoms with Crippen molar-refractivity contribution >= 4 is 65.0 Å². The van der Waals surface area contributed by atoms with E-state index in [4.69, 9.17) is 4.42 Å². The fraction of sp³-hybridized carbons (Fsp3) is 0.0545. The van der Waals surface area contributed by atoms with Gasteiger partial charge in [0.25, 0.3) is 0 Å². The monoisotopic (exact) mass is 712 g/mol. The molecule has 1 heteroatoms. The number of hydrogen-bond acceptors (Lipinski definition) is 1. The molecule has 0 atom stereocenters. The lowest BCUT2D eigenvalue weighted by atomic mass is 9.79. The highest BCUT2D eigenvalue weighted by Crippen LogP contribution is 2.58. The predicted molar refractivity (Wildman–Crippen MR) is 238 cm³/mol. The normalized spacial score (nSPS) is 13.3. The molecule has 0 radical (unpaired) electrons. The van der Waals surface area contributed by atoms with Crippen LogP contribution in [0.15, 0.2) is 186 Å². The first-order valence-electron chi connectivity index (χ1n) is 19.6. The molecule has 0 aliphatic heterocycles. The molecule has 1 aliphatic rings. The van der Waals surface area contributed by atoms with E-state index in [0.29, 0.717) is 0 Å². The lowest BCUT2D eigenvalue weighted by molar-refractivity contribution is 0.620. The van der Waals surface area contributed by atoms with Crippen LogP contribution >= 0.6 is 0 Å². The minimum atomic E-state index is -0.265. The van der Waals surface area contributed by atoms with Crippen molar-refractivity contribution in [1.29, 1.82) is 0 Å². The van der Waals surface area contributed by atoms with Gasteiger partial charge in [-0.15, -0.1) is 0 Å². The molecule has 1 nitrogen and oxygen atoms in total. The molecule has 10 aromatic carbocycles. The highest BCUT2D eigenvalue weighted by Gasteiger charge is 2.41. The summed E-state index contributed by atoms with van der Waals surface area (Å²) in [7, 11) is 0. The summed E-state index contributed by atoms with van der Waals surface area (Å²) in [6, 6.07) is 67.1. The lowest BCUT2D eigenvalue weighted by Crippen LogP contribution is -2.15. The molecule has 56 heavy (non-hydrogen) atoms. The fourth-order valence-electron chi connectivity index (χ4n) is 10.1. The Morgan fingerprint density at radius 3 is 1.73 bits per heavy atom. The van der Waals surface area contributed by atoms with Crippen LogP contribution in [0.3, 0.4) is 0 Å². The van der Waals surface area contributed by atoms with E-state index in [9.17, 15) is 0 Å². The first-order valence-corrected chi connectivity index (χ1v) is 19.6. The molecule has 0 spiro atoms. The molecular formula is C55H36O. The van der Waals surface area contributed by atoms with Gasteiger partial charge in [0.2, 0.25) is 0 Å².